The zero-order valence-electron chi connectivity index (χ0n) is 12.1. The van der Waals surface area contributed by atoms with E-state index in [1.807, 2.05) is 20.8 Å². The summed E-state index contributed by atoms with van der Waals surface area (Å²) in [6.45, 7) is 6.13. The highest BCUT2D eigenvalue weighted by Crippen LogP contribution is 2.27. The van der Waals surface area contributed by atoms with Crippen LogP contribution in [0, 0.1) is 21.4 Å². The molecule has 0 saturated carbocycles. The molecule has 0 amide bonds. The summed E-state index contributed by atoms with van der Waals surface area (Å²) in [5.41, 5.74) is -0.234. The first-order valence-corrected chi connectivity index (χ1v) is 7.16. The summed E-state index contributed by atoms with van der Waals surface area (Å²) in [5.74, 6) is -1.05. The number of aliphatic carboxylic acids is 1. The van der Waals surface area contributed by atoms with Crippen LogP contribution in [-0.4, -0.2) is 27.5 Å². The third kappa shape index (κ3) is 5.66. The molecule has 0 saturated heterocycles. The van der Waals surface area contributed by atoms with E-state index in [-0.39, 0.29) is 17.6 Å². The number of aromatic nitrogens is 1. The number of hydrogen-bond donors (Lipinski definition) is 2. The average molecular weight is 360 g/mol. The molecule has 0 bridgehead atoms. The lowest BCUT2D eigenvalue weighted by atomic mass is 9.84. The van der Waals surface area contributed by atoms with Crippen LogP contribution in [0.3, 0.4) is 0 Å². The molecule has 1 heterocycles. The van der Waals surface area contributed by atoms with Gasteiger partial charge in [0, 0.05) is 12.6 Å². The minimum absolute atomic E-state index is 0.106. The summed E-state index contributed by atoms with van der Waals surface area (Å²) in [6, 6.07) is 1.33. The predicted molar refractivity (Wildman–Crippen MR) is 82.3 cm³/mol. The Hall–Kier alpha value is -1.70. The first-order valence-electron chi connectivity index (χ1n) is 6.37. The van der Waals surface area contributed by atoms with E-state index >= 15 is 0 Å². The largest absolute Gasteiger partial charge is 0.481 e. The van der Waals surface area contributed by atoms with Crippen molar-refractivity contribution in [3.05, 3.63) is 26.9 Å². The molecule has 1 aromatic heterocycles. The molecular weight excluding hydrogens is 342 g/mol. The van der Waals surface area contributed by atoms with Crippen LogP contribution in [0.15, 0.2) is 16.7 Å². The number of carboxylic acid groups (broad SMARTS) is 1. The van der Waals surface area contributed by atoms with Gasteiger partial charge >= 0.3 is 5.97 Å². The highest BCUT2D eigenvalue weighted by atomic mass is 79.9. The number of carboxylic acids is 1. The lowest BCUT2D eigenvalue weighted by Crippen LogP contribution is -2.27. The molecule has 1 aromatic rings. The maximum atomic E-state index is 11.3. The summed E-state index contributed by atoms with van der Waals surface area (Å²) in [5, 5.41) is 22.8. The molecule has 0 aromatic carbocycles. The summed E-state index contributed by atoms with van der Waals surface area (Å²) in [6.07, 6.45) is 1.65. The maximum Gasteiger partial charge on any atom is 0.308 e. The Bertz CT molecular complexity index is 543. The summed E-state index contributed by atoms with van der Waals surface area (Å²) >= 11 is 3.19. The average Bonchev–Trinajstić information content (AvgIpc) is 2.33. The van der Waals surface area contributed by atoms with Gasteiger partial charge in [0.15, 0.2) is 0 Å². The summed E-state index contributed by atoms with van der Waals surface area (Å²) in [7, 11) is 0. The van der Waals surface area contributed by atoms with Gasteiger partial charge in [-0.1, -0.05) is 20.8 Å². The number of nitro groups is 1. The Morgan fingerprint density at radius 3 is 2.62 bits per heavy atom. The normalized spacial score (nSPS) is 12.8. The molecule has 0 aliphatic heterocycles. The van der Waals surface area contributed by atoms with E-state index in [9.17, 15) is 20.0 Å². The third-order valence-corrected chi connectivity index (χ3v) is 3.37. The molecule has 116 valence electrons. The van der Waals surface area contributed by atoms with Gasteiger partial charge in [0.2, 0.25) is 0 Å². The fourth-order valence-electron chi connectivity index (χ4n) is 1.86. The third-order valence-electron chi connectivity index (χ3n) is 2.76. The van der Waals surface area contributed by atoms with Gasteiger partial charge in [-0.2, -0.15) is 0 Å². The Kier molecular flexibility index (Phi) is 5.65. The van der Waals surface area contributed by atoms with E-state index in [4.69, 9.17) is 0 Å². The number of halogens is 1. The number of rotatable bonds is 6. The zero-order chi connectivity index (χ0) is 16.2. The topological polar surface area (TPSA) is 105 Å². The minimum Gasteiger partial charge on any atom is -0.481 e. The molecule has 0 spiro atoms. The van der Waals surface area contributed by atoms with E-state index in [1.165, 1.54) is 6.07 Å². The molecule has 0 aliphatic carbocycles. The molecule has 0 radical (unpaired) electrons. The van der Waals surface area contributed by atoms with Crippen LogP contribution < -0.4 is 5.32 Å². The molecule has 1 unspecified atom stereocenters. The number of hydrogen-bond acceptors (Lipinski definition) is 5. The second-order valence-corrected chi connectivity index (χ2v) is 6.82. The van der Waals surface area contributed by atoms with E-state index in [0.29, 0.717) is 16.7 Å². The Morgan fingerprint density at radius 1 is 1.57 bits per heavy atom. The molecule has 1 rings (SSSR count). The molecule has 2 N–H and O–H groups in total. The predicted octanol–water partition coefficient (Wildman–Crippen LogP) is 3.30. The SMILES string of the molecule is CC(C)(C)CC(CNc1ncc([N+](=O)[O-])cc1Br)C(=O)O. The second-order valence-electron chi connectivity index (χ2n) is 5.96. The maximum absolute atomic E-state index is 11.3. The van der Waals surface area contributed by atoms with Crippen LogP contribution in [0.1, 0.15) is 27.2 Å². The Morgan fingerprint density at radius 2 is 2.19 bits per heavy atom. The van der Waals surface area contributed by atoms with Crippen molar-refractivity contribution in [3.63, 3.8) is 0 Å². The van der Waals surface area contributed by atoms with Gasteiger partial charge in [-0.15, -0.1) is 0 Å². The highest BCUT2D eigenvalue weighted by Gasteiger charge is 2.24. The van der Waals surface area contributed by atoms with Crippen LogP contribution in [-0.2, 0) is 4.79 Å². The molecule has 7 nitrogen and oxygen atoms in total. The zero-order valence-corrected chi connectivity index (χ0v) is 13.7. The molecule has 21 heavy (non-hydrogen) atoms. The molecular formula is C13H18BrN3O4. The smallest absolute Gasteiger partial charge is 0.308 e. The monoisotopic (exact) mass is 359 g/mol. The fourth-order valence-corrected chi connectivity index (χ4v) is 2.34. The number of nitrogens with zero attached hydrogens (tertiary/aromatic N) is 2. The summed E-state index contributed by atoms with van der Waals surface area (Å²) < 4.78 is 0.427. The van der Waals surface area contributed by atoms with Crippen molar-refractivity contribution in [2.75, 3.05) is 11.9 Å². The Labute approximate surface area is 131 Å². The van der Waals surface area contributed by atoms with Crippen LogP contribution >= 0.6 is 15.9 Å². The van der Waals surface area contributed by atoms with Crippen molar-refractivity contribution in [2.24, 2.45) is 11.3 Å². The van der Waals surface area contributed by atoms with Crippen molar-refractivity contribution < 1.29 is 14.8 Å². The van der Waals surface area contributed by atoms with Crippen molar-refractivity contribution >= 4 is 33.4 Å². The lowest BCUT2D eigenvalue weighted by molar-refractivity contribution is -0.385. The first-order chi connectivity index (χ1) is 9.60. The molecule has 0 aliphatic rings. The number of pyridine rings is 1. The van der Waals surface area contributed by atoms with Crippen LogP contribution in [0.4, 0.5) is 11.5 Å². The van der Waals surface area contributed by atoms with Gasteiger partial charge in [-0.05, 0) is 27.8 Å². The Balaban J connectivity index is 2.77. The van der Waals surface area contributed by atoms with Gasteiger partial charge in [-0.3, -0.25) is 14.9 Å². The van der Waals surface area contributed by atoms with Gasteiger partial charge in [0.05, 0.1) is 15.3 Å². The van der Waals surface area contributed by atoms with E-state index < -0.39 is 16.8 Å². The van der Waals surface area contributed by atoms with E-state index in [0.717, 1.165) is 6.20 Å². The van der Waals surface area contributed by atoms with Crippen molar-refractivity contribution in [3.8, 4) is 0 Å². The van der Waals surface area contributed by atoms with Crippen molar-refractivity contribution in [1.29, 1.82) is 0 Å². The van der Waals surface area contributed by atoms with Crippen LogP contribution in [0.2, 0.25) is 0 Å². The van der Waals surface area contributed by atoms with Gasteiger partial charge in [0.25, 0.3) is 5.69 Å². The highest BCUT2D eigenvalue weighted by molar-refractivity contribution is 9.10. The van der Waals surface area contributed by atoms with Crippen LogP contribution in [0.5, 0.6) is 0 Å². The fraction of sp³-hybridized carbons (Fsp3) is 0.538. The van der Waals surface area contributed by atoms with Crippen LogP contribution in [0.25, 0.3) is 0 Å². The van der Waals surface area contributed by atoms with E-state index in [2.05, 4.69) is 26.2 Å². The van der Waals surface area contributed by atoms with Crippen molar-refractivity contribution in [2.45, 2.75) is 27.2 Å². The number of carbonyl (C=O) groups is 1. The van der Waals surface area contributed by atoms with Gasteiger partial charge < -0.3 is 10.4 Å². The van der Waals surface area contributed by atoms with Gasteiger partial charge in [-0.25, -0.2) is 4.98 Å². The van der Waals surface area contributed by atoms with E-state index in [1.54, 1.807) is 0 Å². The number of nitrogens with one attached hydrogen (secondary N) is 1. The molecule has 1 atom stereocenters. The second kappa shape index (κ2) is 6.84. The molecule has 0 fully saturated rings. The van der Waals surface area contributed by atoms with Gasteiger partial charge in [0.1, 0.15) is 12.0 Å². The quantitative estimate of drug-likeness (QED) is 0.596. The standard InChI is InChI=1S/C13H18BrN3O4/c1-13(2,3)5-8(12(18)19)6-15-11-10(14)4-9(7-16-11)17(20)21/h4,7-8H,5-6H2,1-3H3,(H,15,16)(H,18,19). The minimum atomic E-state index is -0.879. The molecule has 8 heteroatoms. The lowest BCUT2D eigenvalue weighted by Gasteiger charge is -2.23. The summed E-state index contributed by atoms with van der Waals surface area (Å²) in [4.78, 5) is 25.3. The first kappa shape index (κ1) is 17.4. The number of anilines is 1. The van der Waals surface area contributed by atoms with Crippen molar-refractivity contribution in [1.82, 2.24) is 4.98 Å².